The summed E-state index contributed by atoms with van der Waals surface area (Å²) < 4.78 is 0. The maximum atomic E-state index is 13.4. The summed E-state index contributed by atoms with van der Waals surface area (Å²) in [5.41, 5.74) is 12.9. The van der Waals surface area contributed by atoms with Crippen molar-refractivity contribution in [2.24, 2.45) is 11.7 Å². The highest BCUT2D eigenvalue weighted by atomic mass is 16.2. The van der Waals surface area contributed by atoms with Crippen molar-refractivity contribution in [2.45, 2.75) is 69.5 Å². The molecule has 8 rings (SSSR count). The Morgan fingerprint density at radius 3 is 2.42 bits per heavy atom. The lowest BCUT2D eigenvalue weighted by Crippen LogP contribution is -2.47. The molecule has 0 radical (unpaired) electrons. The van der Waals surface area contributed by atoms with Crippen LogP contribution in [0.4, 0.5) is 0 Å². The number of imidazole rings is 2. The van der Waals surface area contributed by atoms with Crippen LogP contribution in [0.1, 0.15) is 75.1 Å². The second kappa shape index (κ2) is 10.9. The number of hydrogen-bond acceptors (Lipinski definition) is 5. The van der Waals surface area contributed by atoms with E-state index in [0.29, 0.717) is 12.0 Å². The Bertz CT molecular complexity index is 1790. The van der Waals surface area contributed by atoms with Crippen molar-refractivity contribution >= 4 is 27.7 Å². The van der Waals surface area contributed by atoms with Gasteiger partial charge in [-0.15, -0.1) is 0 Å². The molecule has 2 saturated heterocycles. The summed E-state index contributed by atoms with van der Waals surface area (Å²) in [5.74, 6) is 2.31. The molecule has 3 aliphatic rings. The van der Waals surface area contributed by atoms with Crippen LogP contribution in [0.25, 0.3) is 44.2 Å². The minimum absolute atomic E-state index is 0.0361. The van der Waals surface area contributed by atoms with Gasteiger partial charge in [0.25, 0.3) is 0 Å². The lowest BCUT2D eigenvalue weighted by Gasteiger charge is -2.28. The van der Waals surface area contributed by atoms with E-state index in [2.05, 4.69) is 74.9 Å². The van der Waals surface area contributed by atoms with Gasteiger partial charge < -0.3 is 25.9 Å². The van der Waals surface area contributed by atoms with Gasteiger partial charge in [-0.3, -0.25) is 4.79 Å². The fourth-order valence-electron chi connectivity index (χ4n) is 7.56. The fraction of sp³-hybridized carbons (Fsp3) is 0.400. The Balaban J connectivity index is 1.03. The molecule has 3 aromatic carbocycles. The van der Waals surface area contributed by atoms with Gasteiger partial charge in [0.15, 0.2) is 0 Å². The van der Waals surface area contributed by atoms with Gasteiger partial charge in [-0.1, -0.05) is 43.2 Å². The third kappa shape index (κ3) is 4.92. The van der Waals surface area contributed by atoms with E-state index in [1.54, 1.807) is 0 Å². The number of hydrogen-bond donors (Lipinski definition) is 4. The number of aromatic amines is 2. The summed E-state index contributed by atoms with van der Waals surface area (Å²) in [6.07, 6.45) is 10.7. The second-order valence-corrected chi connectivity index (χ2v) is 12.7. The Labute approximate surface area is 251 Å². The molecular formula is C35H39N7O. The molecule has 2 aromatic heterocycles. The van der Waals surface area contributed by atoms with Gasteiger partial charge in [0.2, 0.25) is 5.91 Å². The number of likely N-dealkylation sites (tertiary alicyclic amines) is 1. The van der Waals surface area contributed by atoms with E-state index in [4.69, 9.17) is 10.7 Å². The molecule has 1 aliphatic carbocycles. The highest BCUT2D eigenvalue weighted by Crippen LogP contribution is 2.36. The van der Waals surface area contributed by atoms with Crippen LogP contribution < -0.4 is 11.1 Å². The predicted octanol–water partition coefficient (Wildman–Crippen LogP) is 6.38. The number of fused-ring (bicyclic) bond motifs is 2. The third-order valence-corrected chi connectivity index (χ3v) is 10.0. The molecule has 3 atom stereocenters. The van der Waals surface area contributed by atoms with Crippen molar-refractivity contribution in [1.82, 2.24) is 30.2 Å². The smallest absolute Gasteiger partial charge is 0.240 e. The zero-order chi connectivity index (χ0) is 28.9. The Kier molecular flexibility index (Phi) is 6.76. The molecule has 3 fully saturated rings. The lowest BCUT2D eigenvalue weighted by molar-refractivity contribution is -0.134. The van der Waals surface area contributed by atoms with E-state index >= 15 is 0 Å². The monoisotopic (exact) mass is 573 g/mol. The average Bonchev–Trinajstić information content (AvgIpc) is 3.87. The minimum Gasteiger partial charge on any atom is -0.341 e. The standard InChI is InChI=1S/C35H39N7O/c36-32(21-5-1-2-6-21)35(43)42-16-4-8-31(42)34-39-27-14-13-25(19-29(27)40-34)23-9-10-24-18-26(12-11-22(24)17-23)30-20-38-33(41-30)28-7-3-15-37-28/h9-14,17-21,28,31-32,37H,1-8,15-16,36H2,(H,38,41)(H,39,40)/t28-,31-,32-/m0/s1. The van der Waals surface area contributed by atoms with Crippen molar-refractivity contribution in [3.05, 3.63) is 72.4 Å². The maximum Gasteiger partial charge on any atom is 0.240 e. The molecule has 8 nitrogen and oxygen atoms in total. The normalized spacial score (nSPS) is 21.8. The van der Waals surface area contributed by atoms with Crippen molar-refractivity contribution < 1.29 is 4.79 Å². The minimum atomic E-state index is -0.394. The van der Waals surface area contributed by atoms with E-state index in [1.165, 1.54) is 30.0 Å². The van der Waals surface area contributed by atoms with E-state index in [-0.39, 0.29) is 11.9 Å². The molecule has 43 heavy (non-hydrogen) atoms. The molecule has 1 amide bonds. The van der Waals surface area contributed by atoms with Crippen LogP contribution >= 0.6 is 0 Å². The highest BCUT2D eigenvalue weighted by Gasteiger charge is 2.37. The van der Waals surface area contributed by atoms with Crippen LogP contribution in [0.5, 0.6) is 0 Å². The highest BCUT2D eigenvalue weighted by molar-refractivity contribution is 5.92. The van der Waals surface area contributed by atoms with Crippen LogP contribution in [-0.2, 0) is 4.79 Å². The summed E-state index contributed by atoms with van der Waals surface area (Å²) >= 11 is 0. The average molecular weight is 574 g/mol. The van der Waals surface area contributed by atoms with E-state index in [0.717, 1.165) is 90.3 Å². The molecule has 0 unspecified atom stereocenters. The summed E-state index contributed by atoms with van der Waals surface area (Å²) in [5, 5.41) is 5.91. The quantitative estimate of drug-likeness (QED) is 0.188. The molecule has 4 heterocycles. The van der Waals surface area contributed by atoms with Crippen LogP contribution in [0.3, 0.4) is 0 Å². The summed E-state index contributed by atoms with van der Waals surface area (Å²) in [7, 11) is 0. The molecule has 5 aromatic rings. The zero-order valence-corrected chi connectivity index (χ0v) is 24.5. The van der Waals surface area contributed by atoms with Gasteiger partial charge in [0.1, 0.15) is 11.6 Å². The molecule has 8 heteroatoms. The van der Waals surface area contributed by atoms with E-state index < -0.39 is 6.04 Å². The predicted molar refractivity (Wildman–Crippen MR) is 170 cm³/mol. The number of benzene rings is 3. The first-order valence-corrected chi connectivity index (χ1v) is 16.0. The number of nitrogens with two attached hydrogens (primary N) is 1. The van der Waals surface area contributed by atoms with Crippen LogP contribution in [-0.4, -0.2) is 49.9 Å². The molecule has 220 valence electrons. The van der Waals surface area contributed by atoms with Crippen LogP contribution in [0.15, 0.2) is 60.8 Å². The first-order valence-electron chi connectivity index (χ1n) is 16.0. The Morgan fingerprint density at radius 2 is 1.60 bits per heavy atom. The molecule has 1 saturated carbocycles. The van der Waals surface area contributed by atoms with Crippen molar-refractivity contribution in [3.63, 3.8) is 0 Å². The topological polar surface area (TPSA) is 116 Å². The first kappa shape index (κ1) is 26.6. The van der Waals surface area contributed by atoms with E-state index in [9.17, 15) is 4.79 Å². The van der Waals surface area contributed by atoms with Crippen LogP contribution in [0.2, 0.25) is 0 Å². The molecule has 0 bridgehead atoms. The Morgan fingerprint density at radius 1 is 0.837 bits per heavy atom. The summed E-state index contributed by atoms with van der Waals surface area (Å²) in [4.78, 5) is 32.0. The Hall–Kier alpha value is -4.01. The van der Waals surface area contributed by atoms with Crippen molar-refractivity contribution in [1.29, 1.82) is 0 Å². The molecule has 2 aliphatic heterocycles. The molecule has 5 N–H and O–H groups in total. The fourth-order valence-corrected chi connectivity index (χ4v) is 7.56. The van der Waals surface area contributed by atoms with Crippen molar-refractivity contribution in [2.75, 3.05) is 13.1 Å². The number of aromatic nitrogens is 4. The molecule has 0 spiro atoms. The van der Waals surface area contributed by atoms with Gasteiger partial charge in [0, 0.05) is 12.1 Å². The number of nitrogens with one attached hydrogen (secondary N) is 3. The molecular weight excluding hydrogens is 534 g/mol. The number of nitrogens with zero attached hydrogens (tertiary/aromatic N) is 3. The summed E-state index contributed by atoms with van der Waals surface area (Å²) in [6.45, 7) is 1.81. The largest absolute Gasteiger partial charge is 0.341 e. The van der Waals surface area contributed by atoms with Crippen LogP contribution in [0, 0.1) is 5.92 Å². The number of carbonyl (C=O) groups excluding carboxylic acids is 1. The van der Waals surface area contributed by atoms with Gasteiger partial charge in [-0.2, -0.15) is 0 Å². The van der Waals surface area contributed by atoms with Gasteiger partial charge in [-0.25, -0.2) is 9.97 Å². The summed E-state index contributed by atoms with van der Waals surface area (Å²) in [6, 6.07) is 19.5. The van der Waals surface area contributed by atoms with E-state index in [1.807, 2.05) is 11.1 Å². The number of amides is 1. The second-order valence-electron chi connectivity index (χ2n) is 12.7. The first-order chi connectivity index (χ1) is 21.1. The zero-order valence-electron chi connectivity index (χ0n) is 24.5. The SMILES string of the molecule is N[C@H](C(=O)N1CCC[C@H]1c1nc2ccc(-c3ccc4cc(-c5cnc([C@@H]6CCCN6)[nH]5)ccc4c3)cc2[nH]1)C1CCCC1. The maximum absolute atomic E-state index is 13.4. The van der Waals surface area contributed by atoms with Gasteiger partial charge in [-0.05, 0) is 97.2 Å². The van der Waals surface area contributed by atoms with Gasteiger partial charge >= 0.3 is 0 Å². The number of rotatable bonds is 6. The lowest BCUT2D eigenvalue weighted by atomic mass is 9.97. The van der Waals surface area contributed by atoms with Crippen molar-refractivity contribution in [3.8, 4) is 22.4 Å². The van der Waals surface area contributed by atoms with Gasteiger partial charge in [0.05, 0.1) is 41.0 Å². The number of H-pyrrole nitrogens is 2. The number of carbonyl (C=O) groups is 1. The third-order valence-electron chi connectivity index (χ3n) is 10.0.